The van der Waals surface area contributed by atoms with E-state index < -0.39 is 8.07 Å². The van der Waals surface area contributed by atoms with Crippen LogP contribution in [0, 0.1) is 5.82 Å². The van der Waals surface area contributed by atoms with Crippen LogP contribution in [0.4, 0.5) is 4.39 Å². The average molecular weight is 283 g/mol. The molecule has 1 N–H and O–H groups in total. The zero-order valence-corrected chi connectivity index (χ0v) is 13.5. The van der Waals surface area contributed by atoms with Crippen LogP contribution in [0.3, 0.4) is 0 Å². The monoisotopic (exact) mass is 283 g/mol. The standard InChI is InChI=1S/C15H26FNOSi/c1-18-10-9-17-11-13(12-19(2,3)4)14-7-5-6-8-15(14)16/h5-8,13,17H,9-12H2,1-4H3. The van der Waals surface area contributed by atoms with Crippen LogP contribution in [-0.4, -0.2) is 34.9 Å². The Morgan fingerprint density at radius 1 is 1.26 bits per heavy atom. The van der Waals surface area contributed by atoms with Crippen molar-refractivity contribution < 1.29 is 9.13 Å². The van der Waals surface area contributed by atoms with E-state index >= 15 is 0 Å². The molecule has 0 fully saturated rings. The molecule has 0 bridgehead atoms. The van der Waals surface area contributed by atoms with E-state index in [1.807, 2.05) is 12.1 Å². The molecule has 1 aromatic rings. The van der Waals surface area contributed by atoms with Gasteiger partial charge in [-0.05, 0) is 23.6 Å². The maximum Gasteiger partial charge on any atom is 0.126 e. The number of rotatable bonds is 8. The fourth-order valence-corrected chi connectivity index (χ4v) is 4.13. The molecule has 2 nitrogen and oxygen atoms in total. The molecule has 1 aromatic carbocycles. The molecule has 4 heteroatoms. The highest BCUT2D eigenvalue weighted by Gasteiger charge is 2.23. The third-order valence-corrected chi connectivity index (χ3v) is 4.80. The van der Waals surface area contributed by atoms with Crippen molar-refractivity contribution in [3.05, 3.63) is 35.6 Å². The maximum atomic E-state index is 14.0. The minimum atomic E-state index is -1.23. The van der Waals surface area contributed by atoms with Gasteiger partial charge >= 0.3 is 0 Å². The van der Waals surface area contributed by atoms with Crippen LogP contribution in [0.25, 0.3) is 0 Å². The van der Waals surface area contributed by atoms with Crippen LogP contribution >= 0.6 is 0 Å². The lowest BCUT2D eigenvalue weighted by Crippen LogP contribution is -2.31. The van der Waals surface area contributed by atoms with Gasteiger partial charge in [0.15, 0.2) is 0 Å². The Kier molecular flexibility index (Phi) is 6.69. The number of methoxy groups -OCH3 is 1. The molecule has 1 unspecified atom stereocenters. The Balaban J connectivity index is 2.72. The smallest absolute Gasteiger partial charge is 0.126 e. The molecule has 0 spiro atoms. The second kappa shape index (κ2) is 7.77. The SMILES string of the molecule is COCCNCC(C[Si](C)(C)C)c1ccccc1F. The van der Waals surface area contributed by atoms with Gasteiger partial charge in [-0.3, -0.25) is 0 Å². The number of benzene rings is 1. The fraction of sp³-hybridized carbons (Fsp3) is 0.600. The van der Waals surface area contributed by atoms with Gasteiger partial charge in [0, 0.05) is 28.3 Å². The van der Waals surface area contributed by atoms with Crippen LogP contribution in [0.5, 0.6) is 0 Å². The lowest BCUT2D eigenvalue weighted by Gasteiger charge is -2.25. The van der Waals surface area contributed by atoms with Crippen molar-refractivity contribution in [2.24, 2.45) is 0 Å². The molecule has 19 heavy (non-hydrogen) atoms. The summed E-state index contributed by atoms with van der Waals surface area (Å²) in [5.41, 5.74) is 0.842. The highest BCUT2D eigenvalue weighted by Crippen LogP contribution is 2.27. The third kappa shape index (κ3) is 6.32. The normalized spacial score (nSPS) is 13.5. The molecule has 0 aliphatic carbocycles. The molecule has 1 rings (SSSR count). The first kappa shape index (κ1) is 16.3. The van der Waals surface area contributed by atoms with E-state index in [0.29, 0.717) is 6.61 Å². The lowest BCUT2D eigenvalue weighted by atomic mass is 10.0. The van der Waals surface area contributed by atoms with E-state index in [-0.39, 0.29) is 11.7 Å². The predicted molar refractivity (Wildman–Crippen MR) is 82.0 cm³/mol. The lowest BCUT2D eigenvalue weighted by molar-refractivity contribution is 0.199. The molecule has 0 aliphatic rings. The Bertz CT molecular complexity index is 379. The number of halogens is 1. The largest absolute Gasteiger partial charge is 0.383 e. The fourth-order valence-electron chi connectivity index (χ4n) is 2.29. The maximum absolute atomic E-state index is 14.0. The molecule has 0 saturated heterocycles. The van der Waals surface area contributed by atoms with Crippen LogP contribution < -0.4 is 5.32 Å². The number of ether oxygens (including phenoxy) is 1. The predicted octanol–water partition coefficient (Wildman–Crippen LogP) is 3.48. The molecule has 108 valence electrons. The minimum absolute atomic E-state index is 0.0840. The topological polar surface area (TPSA) is 21.3 Å². The summed E-state index contributed by atoms with van der Waals surface area (Å²) < 4.78 is 19.0. The highest BCUT2D eigenvalue weighted by atomic mass is 28.3. The zero-order valence-electron chi connectivity index (χ0n) is 12.5. The van der Waals surface area contributed by atoms with Gasteiger partial charge in [0.2, 0.25) is 0 Å². The summed E-state index contributed by atoms with van der Waals surface area (Å²) in [4.78, 5) is 0. The second-order valence-electron chi connectivity index (χ2n) is 6.18. The van der Waals surface area contributed by atoms with Gasteiger partial charge in [0.1, 0.15) is 5.82 Å². The molecule has 0 saturated carbocycles. The van der Waals surface area contributed by atoms with Gasteiger partial charge in [-0.2, -0.15) is 0 Å². The Labute approximate surface area is 117 Å². The summed E-state index contributed by atoms with van der Waals surface area (Å²) in [5, 5.41) is 3.37. The molecule has 0 aromatic heterocycles. The summed E-state index contributed by atoms with van der Waals surface area (Å²) in [7, 11) is 0.460. The first-order valence-corrected chi connectivity index (χ1v) is 10.6. The van der Waals surface area contributed by atoms with E-state index in [0.717, 1.165) is 24.7 Å². The van der Waals surface area contributed by atoms with Gasteiger partial charge in [0.25, 0.3) is 0 Å². The Morgan fingerprint density at radius 3 is 2.53 bits per heavy atom. The number of hydrogen-bond donors (Lipinski definition) is 1. The molecule has 0 amide bonds. The first-order chi connectivity index (χ1) is 8.94. The number of nitrogens with one attached hydrogen (secondary N) is 1. The molecular formula is C15H26FNOSi. The van der Waals surface area contributed by atoms with E-state index in [1.165, 1.54) is 0 Å². The van der Waals surface area contributed by atoms with Crippen molar-refractivity contribution in [1.29, 1.82) is 0 Å². The van der Waals surface area contributed by atoms with Crippen LogP contribution in [-0.2, 0) is 4.74 Å². The quantitative estimate of drug-likeness (QED) is 0.582. The van der Waals surface area contributed by atoms with Crippen LogP contribution in [0.15, 0.2) is 24.3 Å². The van der Waals surface area contributed by atoms with Crippen molar-refractivity contribution in [2.75, 3.05) is 26.8 Å². The van der Waals surface area contributed by atoms with Gasteiger partial charge < -0.3 is 10.1 Å². The molecule has 0 aliphatic heterocycles. The number of hydrogen-bond acceptors (Lipinski definition) is 2. The van der Waals surface area contributed by atoms with E-state index in [1.54, 1.807) is 19.2 Å². The van der Waals surface area contributed by atoms with Crippen molar-refractivity contribution >= 4 is 8.07 Å². The Morgan fingerprint density at radius 2 is 1.95 bits per heavy atom. The van der Waals surface area contributed by atoms with Crippen LogP contribution in [0.1, 0.15) is 11.5 Å². The van der Waals surface area contributed by atoms with Gasteiger partial charge in [-0.25, -0.2) is 4.39 Å². The second-order valence-corrected chi connectivity index (χ2v) is 11.7. The van der Waals surface area contributed by atoms with Gasteiger partial charge in [0.05, 0.1) is 6.61 Å². The van der Waals surface area contributed by atoms with E-state index in [2.05, 4.69) is 25.0 Å². The first-order valence-electron chi connectivity index (χ1n) is 6.88. The van der Waals surface area contributed by atoms with E-state index in [4.69, 9.17) is 4.74 Å². The summed E-state index contributed by atoms with van der Waals surface area (Å²) in [6, 6.07) is 8.24. The van der Waals surface area contributed by atoms with Crippen molar-refractivity contribution in [3.63, 3.8) is 0 Å². The average Bonchev–Trinajstić information content (AvgIpc) is 2.32. The van der Waals surface area contributed by atoms with Crippen molar-refractivity contribution in [2.45, 2.75) is 31.6 Å². The summed E-state index contributed by atoms with van der Waals surface area (Å²) >= 11 is 0. The van der Waals surface area contributed by atoms with Crippen molar-refractivity contribution in [1.82, 2.24) is 5.32 Å². The minimum Gasteiger partial charge on any atom is -0.383 e. The Hall–Kier alpha value is -0.713. The summed E-state index contributed by atoms with van der Waals surface area (Å²) in [6.45, 7) is 9.31. The molecule has 0 radical (unpaired) electrons. The van der Waals surface area contributed by atoms with Crippen molar-refractivity contribution in [3.8, 4) is 0 Å². The van der Waals surface area contributed by atoms with Crippen LogP contribution in [0.2, 0.25) is 25.7 Å². The molecule has 0 heterocycles. The molecular weight excluding hydrogens is 257 g/mol. The summed E-state index contributed by atoms with van der Waals surface area (Å²) in [6.07, 6.45) is 0. The molecule has 1 atom stereocenters. The summed E-state index contributed by atoms with van der Waals surface area (Å²) in [5.74, 6) is 0.170. The zero-order chi connectivity index (χ0) is 14.3. The van der Waals surface area contributed by atoms with Gasteiger partial charge in [-0.1, -0.05) is 37.8 Å². The van der Waals surface area contributed by atoms with Gasteiger partial charge in [-0.15, -0.1) is 0 Å². The highest BCUT2D eigenvalue weighted by molar-refractivity contribution is 6.76. The van der Waals surface area contributed by atoms with E-state index in [9.17, 15) is 4.39 Å². The third-order valence-electron chi connectivity index (χ3n) is 3.08.